The van der Waals surface area contributed by atoms with Gasteiger partial charge >= 0.3 is 0 Å². The van der Waals surface area contributed by atoms with Crippen LogP contribution in [0.3, 0.4) is 0 Å². The van der Waals surface area contributed by atoms with E-state index in [1.807, 2.05) is 0 Å². The van der Waals surface area contributed by atoms with Crippen LogP contribution in [0.4, 0.5) is 13.2 Å². The second kappa shape index (κ2) is 6.81. The Kier molecular flexibility index (Phi) is 4.97. The lowest BCUT2D eigenvalue weighted by atomic mass is 10.0. The van der Waals surface area contributed by atoms with Gasteiger partial charge in [-0.2, -0.15) is 12.6 Å². The minimum Gasteiger partial charge on any atom is -0.347 e. The summed E-state index contributed by atoms with van der Waals surface area (Å²) < 4.78 is 52.1. The summed E-state index contributed by atoms with van der Waals surface area (Å²) in [6, 6.07) is 6.77. The van der Waals surface area contributed by atoms with E-state index in [0.29, 0.717) is 18.8 Å². The van der Waals surface area contributed by atoms with Gasteiger partial charge in [-0.3, -0.25) is 0 Å². The first-order valence-corrected chi connectivity index (χ1v) is 8.00. The normalized spacial score (nSPS) is 21.4. The molecular formula is C16H14F3O2PS. The maximum Gasteiger partial charge on any atom is 0.184 e. The van der Waals surface area contributed by atoms with E-state index in [2.05, 4.69) is 21.9 Å². The summed E-state index contributed by atoms with van der Waals surface area (Å²) in [6.07, 6.45) is -0.649. The zero-order valence-corrected chi connectivity index (χ0v) is 14.0. The van der Waals surface area contributed by atoms with E-state index in [-0.39, 0.29) is 21.7 Å². The van der Waals surface area contributed by atoms with Gasteiger partial charge < -0.3 is 9.47 Å². The number of hydrogen-bond acceptors (Lipinski definition) is 3. The van der Waals surface area contributed by atoms with Crippen LogP contribution in [0.5, 0.6) is 0 Å². The number of rotatable bonds is 2. The van der Waals surface area contributed by atoms with Crippen molar-refractivity contribution in [3.05, 3.63) is 53.3 Å². The third kappa shape index (κ3) is 3.56. The number of thiol groups is 1. The Labute approximate surface area is 139 Å². The van der Waals surface area contributed by atoms with E-state index in [9.17, 15) is 13.2 Å². The zero-order valence-electron chi connectivity index (χ0n) is 11.9. The third-order valence-corrected chi connectivity index (χ3v) is 4.23. The first kappa shape index (κ1) is 16.8. The number of ether oxygens (including phenoxy) is 2. The van der Waals surface area contributed by atoms with Crippen LogP contribution in [0.25, 0.3) is 11.1 Å². The third-order valence-electron chi connectivity index (χ3n) is 3.51. The molecule has 2 aromatic rings. The van der Waals surface area contributed by atoms with E-state index < -0.39 is 23.7 Å². The predicted molar refractivity (Wildman–Crippen MR) is 88.5 cm³/mol. The summed E-state index contributed by atoms with van der Waals surface area (Å²) in [5.41, 5.74) is 0.971. The van der Waals surface area contributed by atoms with Gasteiger partial charge in [0, 0.05) is 21.7 Å². The van der Waals surface area contributed by atoms with Gasteiger partial charge in [-0.05, 0) is 23.8 Å². The molecule has 0 saturated carbocycles. The quantitative estimate of drug-likeness (QED) is 0.653. The molecule has 0 radical (unpaired) electrons. The number of hydrogen-bond donors (Lipinski definition) is 1. The molecular weight excluding hydrogens is 344 g/mol. The van der Waals surface area contributed by atoms with Gasteiger partial charge in [-0.25, -0.2) is 13.2 Å². The molecule has 3 rings (SSSR count). The zero-order chi connectivity index (χ0) is 16.6. The number of halogens is 3. The highest BCUT2D eigenvalue weighted by atomic mass is 32.1. The maximum atomic E-state index is 14.4. The Bertz CT molecular complexity index is 710. The first-order chi connectivity index (χ1) is 11.0. The first-order valence-electron chi connectivity index (χ1n) is 6.91. The molecule has 23 heavy (non-hydrogen) atoms. The maximum absolute atomic E-state index is 14.4. The highest BCUT2D eigenvalue weighted by Gasteiger charge is 2.22. The Balaban J connectivity index is 1.91. The molecule has 0 spiro atoms. The molecule has 1 fully saturated rings. The molecule has 1 aliphatic rings. The lowest BCUT2D eigenvalue weighted by Crippen LogP contribution is -2.27. The van der Waals surface area contributed by atoms with Crippen molar-refractivity contribution in [3.63, 3.8) is 0 Å². The van der Waals surface area contributed by atoms with Gasteiger partial charge in [0.05, 0.1) is 13.2 Å². The Morgan fingerprint density at radius 2 is 1.70 bits per heavy atom. The second-order valence-electron chi connectivity index (χ2n) is 5.25. The van der Waals surface area contributed by atoms with Crippen molar-refractivity contribution >= 4 is 27.2 Å². The van der Waals surface area contributed by atoms with E-state index in [1.54, 1.807) is 6.07 Å². The highest BCUT2D eigenvalue weighted by molar-refractivity contribution is 7.81. The van der Waals surface area contributed by atoms with Gasteiger partial charge in [-0.1, -0.05) is 12.1 Å². The van der Waals surface area contributed by atoms with Gasteiger partial charge in [-0.15, -0.1) is 9.24 Å². The van der Waals surface area contributed by atoms with E-state index in [0.717, 1.165) is 6.07 Å². The summed E-state index contributed by atoms with van der Waals surface area (Å²) in [6.45, 7) is 0.827. The van der Waals surface area contributed by atoms with Gasteiger partial charge in [0.2, 0.25) is 0 Å². The van der Waals surface area contributed by atoms with Crippen molar-refractivity contribution in [1.82, 2.24) is 0 Å². The molecule has 7 heteroatoms. The minimum absolute atomic E-state index is 0.00182. The standard InChI is InChI=1S/C16H14F3O2PS/c17-12-3-8(16-20-6-10(23)7-21-16)1-2-11(12)9-4-13(18)15(19)14(22)5-9/h1-5,10,16,23H,6-7,22H2. The summed E-state index contributed by atoms with van der Waals surface area (Å²) in [5.74, 6) is -2.53. The molecule has 1 heterocycles. The van der Waals surface area contributed by atoms with Crippen molar-refractivity contribution in [2.45, 2.75) is 11.5 Å². The van der Waals surface area contributed by atoms with Crippen molar-refractivity contribution in [3.8, 4) is 11.1 Å². The monoisotopic (exact) mass is 358 g/mol. The molecule has 1 atom stereocenters. The number of benzene rings is 2. The van der Waals surface area contributed by atoms with Gasteiger partial charge in [0.15, 0.2) is 17.9 Å². The lowest BCUT2D eigenvalue weighted by molar-refractivity contribution is -0.179. The fourth-order valence-electron chi connectivity index (χ4n) is 2.36. The lowest BCUT2D eigenvalue weighted by Gasteiger charge is -2.27. The Hall–Kier alpha value is -1.07. The molecule has 0 aromatic heterocycles. The Morgan fingerprint density at radius 3 is 2.30 bits per heavy atom. The van der Waals surface area contributed by atoms with Crippen LogP contribution in [-0.4, -0.2) is 18.5 Å². The summed E-state index contributed by atoms with van der Waals surface area (Å²) in [7, 11) is 2.09. The molecule has 0 aliphatic carbocycles. The summed E-state index contributed by atoms with van der Waals surface area (Å²) in [5, 5.41) is 0.0419. The largest absolute Gasteiger partial charge is 0.347 e. The van der Waals surface area contributed by atoms with Crippen molar-refractivity contribution in [2.75, 3.05) is 13.2 Å². The second-order valence-corrected chi connectivity index (χ2v) is 6.61. The van der Waals surface area contributed by atoms with Crippen molar-refractivity contribution < 1.29 is 22.6 Å². The van der Waals surface area contributed by atoms with Gasteiger partial charge in [0.1, 0.15) is 5.82 Å². The summed E-state index contributed by atoms with van der Waals surface area (Å²) in [4.78, 5) is 0. The van der Waals surface area contributed by atoms with E-state index >= 15 is 0 Å². The van der Waals surface area contributed by atoms with E-state index in [1.165, 1.54) is 18.2 Å². The fraction of sp³-hybridized carbons (Fsp3) is 0.250. The molecule has 1 saturated heterocycles. The van der Waals surface area contributed by atoms with Crippen LogP contribution < -0.4 is 5.30 Å². The smallest absolute Gasteiger partial charge is 0.184 e. The molecule has 2 nitrogen and oxygen atoms in total. The summed E-state index contributed by atoms with van der Waals surface area (Å²) >= 11 is 4.23. The Morgan fingerprint density at radius 1 is 1.00 bits per heavy atom. The van der Waals surface area contributed by atoms with Crippen LogP contribution in [0, 0.1) is 17.5 Å². The SMILES string of the molecule is Fc1cc(C2OCC(S)CO2)ccc1-c1cc(F)c(F)c(P)c1. The predicted octanol–water partition coefficient (Wildman–Crippen LogP) is 3.62. The molecule has 0 amide bonds. The molecule has 122 valence electrons. The van der Waals surface area contributed by atoms with E-state index in [4.69, 9.17) is 9.47 Å². The van der Waals surface area contributed by atoms with Gasteiger partial charge in [0.25, 0.3) is 0 Å². The van der Waals surface area contributed by atoms with Crippen molar-refractivity contribution in [2.24, 2.45) is 0 Å². The topological polar surface area (TPSA) is 18.5 Å². The minimum atomic E-state index is -1.02. The van der Waals surface area contributed by atoms with Crippen LogP contribution in [0.2, 0.25) is 0 Å². The van der Waals surface area contributed by atoms with Crippen molar-refractivity contribution in [1.29, 1.82) is 0 Å². The fourth-order valence-corrected chi connectivity index (χ4v) is 2.85. The molecule has 0 bridgehead atoms. The molecule has 2 aromatic carbocycles. The molecule has 1 aliphatic heterocycles. The average molecular weight is 358 g/mol. The molecule has 1 unspecified atom stereocenters. The average Bonchev–Trinajstić information content (AvgIpc) is 2.53. The van der Waals surface area contributed by atoms with Crippen LogP contribution >= 0.6 is 21.9 Å². The molecule has 0 N–H and O–H groups in total. The van der Waals surface area contributed by atoms with Crippen LogP contribution in [-0.2, 0) is 9.47 Å². The van der Waals surface area contributed by atoms with Crippen LogP contribution in [0.15, 0.2) is 30.3 Å². The van der Waals surface area contributed by atoms with Crippen LogP contribution in [0.1, 0.15) is 11.9 Å². The highest BCUT2D eigenvalue weighted by Crippen LogP contribution is 2.30.